The molecule has 1 aliphatic heterocycles. The maximum Gasteiger partial charge on any atom is 0.407 e. The van der Waals surface area contributed by atoms with Crippen molar-refractivity contribution in [2.75, 3.05) is 25.1 Å². The molecule has 1 saturated heterocycles. The smallest absolute Gasteiger partial charge is 0.407 e. The van der Waals surface area contributed by atoms with Crippen LogP contribution in [0.5, 0.6) is 0 Å². The average Bonchev–Trinajstić information content (AvgIpc) is 3.12. The highest BCUT2D eigenvalue weighted by Crippen LogP contribution is 2.26. The number of amides is 1. The number of piperidine rings is 1. The van der Waals surface area contributed by atoms with E-state index in [0.717, 1.165) is 41.9 Å². The third-order valence-corrected chi connectivity index (χ3v) is 5.93. The van der Waals surface area contributed by atoms with Crippen molar-refractivity contribution in [2.45, 2.75) is 44.8 Å². The second-order valence-electron chi connectivity index (χ2n) is 7.96. The molecule has 0 saturated carbocycles. The van der Waals surface area contributed by atoms with Gasteiger partial charge in [-0.3, -0.25) is 0 Å². The van der Waals surface area contributed by atoms with E-state index < -0.39 is 6.09 Å². The van der Waals surface area contributed by atoms with Gasteiger partial charge in [-0.25, -0.2) is 9.78 Å². The lowest BCUT2D eigenvalue weighted by atomic mass is 9.92. The number of nitrogens with zero attached hydrogens (tertiary/aromatic N) is 3. The lowest BCUT2D eigenvalue weighted by Crippen LogP contribution is -2.49. The Morgan fingerprint density at radius 2 is 1.97 bits per heavy atom. The predicted octanol–water partition coefficient (Wildman–Crippen LogP) is 4.24. The Labute approximate surface area is 182 Å². The standard InChI is InChI=1S/C24H30N4O3/c1-2-31-15-14-28-22-11-7-6-10-21(22)26-23(28)25-19-12-13-27(24(29)30)20(17-19)16-18-8-4-3-5-9-18/h3-11,19-20H,2,12-17H2,1H3,(H,25,26)(H,29,30)/t19-,20-/m0/s1. The zero-order chi connectivity index (χ0) is 21.6. The molecule has 164 valence electrons. The molecule has 7 heteroatoms. The van der Waals surface area contributed by atoms with E-state index in [9.17, 15) is 9.90 Å². The van der Waals surface area contributed by atoms with E-state index in [0.29, 0.717) is 26.2 Å². The van der Waals surface area contributed by atoms with Crippen LogP contribution in [-0.2, 0) is 17.7 Å². The van der Waals surface area contributed by atoms with Crippen LogP contribution in [0.4, 0.5) is 10.7 Å². The Bertz CT molecular complexity index is 1000. The Morgan fingerprint density at radius 1 is 1.19 bits per heavy atom. The van der Waals surface area contributed by atoms with Crippen molar-refractivity contribution in [3.05, 3.63) is 60.2 Å². The second kappa shape index (κ2) is 9.83. The third-order valence-electron chi connectivity index (χ3n) is 5.93. The van der Waals surface area contributed by atoms with E-state index in [1.807, 2.05) is 43.3 Å². The van der Waals surface area contributed by atoms with E-state index >= 15 is 0 Å². The summed E-state index contributed by atoms with van der Waals surface area (Å²) in [5, 5.41) is 13.3. The number of fused-ring (bicyclic) bond motifs is 1. The summed E-state index contributed by atoms with van der Waals surface area (Å²) in [5.74, 6) is 0.827. The quantitative estimate of drug-likeness (QED) is 0.531. The van der Waals surface area contributed by atoms with Gasteiger partial charge in [0.25, 0.3) is 0 Å². The number of hydrogen-bond acceptors (Lipinski definition) is 4. The highest BCUT2D eigenvalue weighted by molar-refractivity contribution is 5.78. The van der Waals surface area contributed by atoms with Crippen LogP contribution >= 0.6 is 0 Å². The number of hydrogen-bond donors (Lipinski definition) is 2. The van der Waals surface area contributed by atoms with Gasteiger partial charge < -0.3 is 24.6 Å². The molecule has 2 heterocycles. The first-order valence-corrected chi connectivity index (χ1v) is 11.0. The average molecular weight is 423 g/mol. The van der Waals surface area contributed by atoms with Gasteiger partial charge in [0.1, 0.15) is 0 Å². The number of para-hydroxylation sites is 2. The van der Waals surface area contributed by atoms with Gasteiger partial charge in [0, 0.05) is 31.8 Å². The van der Waals surface area contributed by atoms with Crippen LogP contribution in [0.15, 0.2) is 54.6 Å². The van der Waals surface area contributed by atoms with Gasteiger partial charge in [0.2, 0.25) is 5.95 Å². The fourth-order valence-electron chi connectivity index (χ4n) is 4.41. The van der Waals surface area contributed by atoms with Crippen LogP contribution in [0.2, 0.25) is 0 Å². The minimum atomic E-state index is -0.844. The molecule has 31 heavy (non-hydrogen) atoms. The van der Waals surface area contributed by atoms with Crippen molar-refractivity contribution in [1.82, 2.24) is 14.5 Å². The zero-order valence-corrected chi connectivity index (χ0v) is 17.9. The van der Waals surface area contributed by atoms with E-state index in [2.05, 4.69) is 28.1 Å². The molecule has 4 rings (SSSR count). The van der Waals surface area contributed by atoms with E-state index in [-0.39, 0.29) is 12.1 Å². The molecule has 1 aliphatic rings. The first-order chi connectivity index (χ1) is 15.2. The zero-order valence-electron chi connectivity index (χ0n) is 17.9. The van der Waals surface area contributed by atoms with E-state index in [1.54, 1.807) is 4.90 Å². The molecule has 3 aromatic rings. The first-order valence-electron chi connectivity index (χ1n) is 11.0. The minimum absolute atomic E-state index is 0.0626. The van der Waals surface area contributed by atoms with Gasteiger partial charge in [0.15, 0.2) is 0 Å². The molecular formula is C24H30N4O3. The lowest BCUT2D eigenvalue weighted by molar-refractivity contribution is 0.103. The number of aromatic nitrogens is 2. The highest BCUT2D eigenvalue weighted by atomic mass is 16.5. The third kappa shape index (κ3) is 4.99. The number of likely N-dealkylation sites (tertiary alicyclic amines) is 1. The fraction of sp³-hybridized carbons (Fsp3) is 0.417. The summed E-state index contributed by atoms with van der Waals surface area (Å²) in [6.07, 6.45) is 1.37. The topological polar surface area (TPSA) is 79.6 Å². The van der Waals surface area contributed by atoms with Gasteiger partial charge in [0.05, 0.1) is 17.6 Å². The van der Waals surface area contributed by atoms with Crippen molar-refractivity contribution >= 4 is 23.1 Å². The summed E-state index contributed by atoms with van der Waals surface area (Å²) in [5.41, 5.74) is 3.18. The Kier molecular flexibility index (Phi) is 6.72. The number of rotatable bonds is 8. The molecule has 2 atom stereocenters. The van der Waals surface area contributed by atoms with E-state index in [4.69, 9.17) is 9.72 Å². The van der Waals surface area contributed by atoms with Gasteiger partial charge in [-0.05, 0) is 43.9 Å². The van der Waals surface area contributed by atoms with Crippen molar-refractivity contribution < 1.29 is 14.6 Å². The number of benzene rings is 2. The van der Waals surface area contributed by atoms with Gasteiger partial charge in [-0.2, -0.15) is 0 Å². The normalized spacial score (nSPS) is 18.9. The van der Waals surface area contributed by atoms with Gasteiger partial charge in [-0.1, -0.05) is 42.5 Å². The maximum atomic E-state index is 11.8. The molecule has 2 aromatic carbocycles. The van der Waals surface area contributed by atoms with E-state index in [1.165, 1.54) is 0 Å². The first kappa shape index (κ1) is 21.2. The summed E-state index contributed by atoms with van der Waals surface area (Å²) in [4.78, 5) is 18.2. The Hall–Kier alpha value is -3.06. The summed E-state index contributed by atoms with van der Waals surface area (Å²) in [6, 6.07) is 18.3. The lowest BCUT2D eigenvalue weighted by Gasteiger charge is -2.38. The molecule has 0 aliphatic carbocycles. The molecular weight excluding hydrogens is 392 g/mol. The Balaban J connectivity index is 1.52. The summed E-state index contributed by atoms with van der Waals surface area (Å²) >= 11 is 0. The van der Waals surface area contributed by atoms with Crippen LogP contribution in [0, 0.1) is 0 Å². The molecule has 7 nitrogen and oxygen atoms in total. The number of imidazole rings is 1. The molecule has 0 spiro atoms. The van der Waals surface area contributed by atoms with Crippen LogP contribution in [0.3, 0.4) is 0 Å². The predicted molar refractivity (Wildman–Crippen MR) is 122 cm³/mol. The van der Waals surface area contributed by atoms with Crippen molar-refractivity contribution in [3.63, 3.8) is 0 Å². The Morgan fingerprint density at radius 3 is 2.74 bits per heavy atom. The number of carboxylic acid groups (broad SMARTS) is 1. The molecule has 0 radical (unpaired) electrons. The maximum absolute atomic E-state index is 11.8. The molecule has 2 N–H and O–H groups in total. The number of anilines is 1. The second-order valence-corrected chi connectivity index (χ2v) is 7.96. The SMILES string of the molecule is CCOCCn1c(N[C@H]2CCN(C(=O)O)[C@@H](Cc3ccccc3)C2)nc2ccccc21. The van der Waals surface area contributed by atoms with Gasteiger partial charge >= 0.3 is 6.09 Å². The number of nitrogens with one attached hydrogen (secondary N) is 1. The van der Waals surface area contributed by atoms with Crippen LogP contribution < -0.4 is 5.32 Å². The molecule has 0 unspecified atom stereocenters. The van der Waals surface area contributed by atoms with Crippen molar-refractivity contribution in [2.24, 2.45) is 0 Å². The fourth-order valence-corrected chi connectivity index (χ4v) is 4.41. The monoisotopic (exact) mass is 422 g/mol. The van der Waals surface area contributed by atoms with Crippen LogP contribution in [-0.4, -0.2) is 57.5 Å². The van der Waals surface area contributed by atoms with Crippen molar-refractivity contribution in [1.29, 1.82) is 0 Å². The number of carbonyl (C=O) groups is 1. The minimum Gasteiger partial charge on any atom is -0.465 e. The van der Waals surface area contributed by atoms with Crippen LogP contribution in [0.25, 0.3) is 11.0 Å². The summed E-state index contributed by atoms with van der Waals surface area (Å²) in [6.45, 7) is 4.54. The largest absolute Gasteiger partial charge is 0.465 e. The summed E-state index contributed by atoms with van der Waals surface area (Å²) in [7, 11) is 0. The van der Waals surface area contributed by atoms with Crippen molar-refractivity contribution in [3.8, 4) is 0 Å². The van der Waals surface area contributed by atoms with Gasteiger partial charge in [-0.15, -0.1) is 0 Å². The number of ether oxygens (including phenoxy) is 1. The highest BCUT2D eigenvalue weighted by Gasteiger charge is 2.32. The van der Waals surface area contributed by atoms with Crippen LogP contribution in [0.1, 0.15) is 25.3 Å². The molecule has 1 aromatic heterocycles. The molecule has 1 amide bonds. The molecule has 0 bridgehead atoms. The molecule has 1 fully saturated rings. The summed E-state index contributed by atoms with van der Waals surface area (Å²) < 4.78 is 7.74.